The molecule has 0 unspecified atom stereocenters. The van der Waals surface area contributed by atoms with Gasteiger partial charge in [-0.25, -0.2) is 0 Å². The molecule has 0 aliphatic heterocycles. The minimum Gasteiger partial charge on any atom is -0.310 e. The third-order valence-corrected chi connectivity index (χ3v) is 12.5. The lowest BCUT2D eigenvalue weighted by atomic mass is 9.67. The van der Waals surface area contributed by atoms with Gasteiger partial charge < -0.3 is 4.90 Å². The van der Waals surface area contributed by atoms with Crippen LogP contribution in [-0.2, 0) is 10.8 Å². The van der Waals surface area contributed by atoms with Gasteiger partial charge in [-0.2, -0.15) is 0 Å². The molecule has 2 aliphatic rings. The lowest BCUT2D eigenvalue weighted by Gasteiger charge is -2.35. The molecule has 0 bridgehead atoms. The second-order valence-corrected chi connectivity index (χ2v) is 15.7. The van der Waals surface area contributed by atoms with Gasteiger partial charge in [0.25, 0.3) is 0 Å². The first-order valence-corrected chi connectivity index (χ1v) is 19.3. The molecule has 55 heavy (non-hydrogen) atoms. The van der Waals surface area contributed by atoms with E-state index in [1.807, 2.05) is 0 Å². The van der Waals surface area contributed by atoms with Crippen LogP contribution in [0.25, 0.3) is 43.8 Å². The lowest BCUT2D eigenvalue weighted by molar-refractivity contribution is 0.661. The maximum Gasteiger partial charge on any atom is 0.0714 e. The Hall–Kier alpha value is -6.70. The highest BCUT2D eigenvalue weighted by Crippen LogP contribution is 2.57. The molecular weight excluding hydrogens is 663 g/mol. The van der Waals surface area contributed by atoms with Crippen LogP contribution in [0.5, 0.6) is 0 Å². The molecule has 0 radical (unpaired) electrons. The van der Waals surface area contributed by atoms with E-state index in [1.54, 1.807) is 0 Å². The summed E-state index contributed by atoms with van der Waals surface area (Å²) < 4.78 is 0. The van der Waals surface area contributed by atoms with E-state index in [9.17, 15) is 0 Å². The van der Waals surface area contributed by atoms with Crippen molar-refractivity contribution in [2.75, 3.05) is 4.90 Å². The van der Waals surface area contributed by atoms with Gasteiger partial charge >= 0.3 is 0 Å². The van der Waals surface area contributed by atoms with Crippen molar-refractivity contribution in [3.63, 3.8) is 0 Å². The molecule has 0 heterocycles. The Morgan fingerprint density at radius 2 is 0.836 bits per heavy atom. The number of anilines is 3. The first kappa shape index (κ1) is 31.8. The summed E-state index contributed by atoms with van der Waals surface area (Å²) in [5.41, 5.74) is 16.1. The SMILES string of the molecule is CC1(C)c2ccccc2-c2cc3ccc4ccc(N(c5ccccc5)c5ccc6c(c5)C(c5ccccc5)(c5ccccc5)c5ccccc5-6)cc4c3cc21. The number of hydrogen-bond acceptors (Lipinski definition) is 1. The van der Waals surface area contributed by atoms with E-state index < -0.39 is 5.41 Å². The van der Waals surface area contributed by atoms with Gasteiger partial charge in [-0.3, -0.25) is 0 Å². The third-order valence-electron chi connectivity index (χ3n) is 12.5. The van der Waals surface area contributed by atoms with E-state index in [0.29, 0.717) is 0 Å². The molecule has 9 aromatic rings. The molecule has 0 saturated heterocycles. The van der Waals surface area contributed by atoms with Gasteiger partial charge in [-0.05, 0) is 126 Å². The van der Waals surface area contributed by atoms with Crippen molar-refractivity contribution in [3.8, 4) is 22.3 Å². The van der Waals surface area contributed by atoms with Gasteiger partial charge in [0.05, 0.1) is 5.41 Å². The largest absolute Gasteiger partial charge is 0.310 e. The predicted octanol–water partition coefficient (Wildman–Crippen LogP) is 14.1. The minimum absolute atomic E-state index is 0.0675. The van der Waals surface area contributed by atoms with Crippen LogP contribution in [0.3, 0.4) is 0 Å². The fourth-order valence-corrected chi connectivity index (χ4v) is 9.97. The van der Waals surface area contributed by atoms with Gasteiger partial charge in [0.1, 0.15) is 0 Å². The zero-order valence-electron chi connectivity index (χ0n) is 31.0. The van der Waals surface area contributed by atoms with Crippen LogP contribution in [0.15, 0.2) is 200 Å². The quantitative estimate of drug-likeness (QED) is 0.162. The Bertz CT molecular complexity index is 2900. The standard InChI is InChI=1S/C54H39N/c1-53(2)49-24-14-12-23-44(49)48-32-37-27-26-36-28-29-41(33-46(36)47(37)35-51(48)53)55(40-20-10-5-11-21-40)42-30-31-45-43-22-13-15-25-50(43)54(52(45)34-42,38-16-6-3-7-17-38)39-18-8-4-9-19-39/h3-35H,1-2H3. The zero-order valence-corrected chi connectivity index (χ0v) is 31.0. The molecule has 0 spiro atoms. The molecular formula is C54H39N. The van der Waals surface area contributed by atoms with Crippen molar-refractivity contribution in [3.05, 3.63) is 234 Å². The van der Waals surface area contributed by atoms with E-state index in [0.717, 1.165) is 17.1 Å². The van der Waals surface area contributed by atoms with Crippen LogP contribution in [0.2, 0.25) is 0 Å². The minimum atomic E-state index is -0.475. The van der Waals surface area contributed by atoms with Crippen molar-refractivity contribution >= 4 is 38.6 Å². The van der Waals surface area contributed by atoms with Gasteiger partial charge in [0.2, 0.25) is 0 Å². The first-order valence-electron chi connectivity index (χ1n) is 19.3. The summed E-state index contributed by atoms with van der Waals surface area (Å²) in [7, 11) is 0. The second-order valence-electron chi connectivity index (χ2n) is 15.7. The number of hydrogen-bond donors (Lipinski definition) is 0. The second kappa shape index (κ2) is 11.9. The Balaban J connectivity index is 1.15. The summed E-state index contributed by atoms with van der Waals surface area (Å²) in [6, 6.07) is 74.5. The van der Waals surface area contributed by atoms with Crippen LogP contribution in [0.1, 0.15) is 47.2 Å². The van der Waals surface area contributed by atoms with E-state index >= 15 is 0 Å². The topological polar surface area (TPSA) is 3.24 Å². The molecule has 11 rings (SSSR count). The number of rotatable bonds is 5. The fraction of sp³-hybridized carbons (Fsp3) is 0.0741. The number of fused-ring (bicyclic) bond motifs is 9. The molecule has 0 atom stereocenters. The Morgan fingerprint density at radius 1 is 0.327 bits per heavy atom. The molecule has 1 nitrogen and oxygen atoms in total. The highest BCUT2D eigenvalue weighted by molar-refractivity contribution is 6.11. The number of nitrogens with zero attached hydrogens (tertiary/aromatic N) is 1. The summed E-state index contributed by atoms with van der Waals surface area (Å²) in [4.78, 5) is 2.44. The maximum atomic E-state index is 2.48. The highest BCUT2D eigenvalue weighted by atomic mass is 15.1. The summed E-state index contributed by atoms with van der Waals surface area (Å²) in [6.45, 7) is 4.74. The van der Waals surface area contributed by atoms with Crippen LogP contribution in [0.4, 0.5) is 17.1 Å². The number of para-hydroxylation sites is 1. The first-order chi connectivity index (χ1) is 27.0. The molecule has 260 valence electrons. The zero-order chi connectivity index (χ0) is 36.7. The Labute approximate surface area is 322 Å². The van der Waals surface area contributed by atoms with Gasteiger partial charge in [-0.15, -0.1) is 0 Å². The molecule has 9 aromatic carbocycles. The highest BCUT2D eigenvalue weighted by Gasteiger charge is 2.46. The smallest absolute Gasteiger partial charge is 0.0714 e. The van der Waals surface area contributed by atoms with Crippen LogP contribution in [-0.4, -0.2) is 0 Å². The maximum absolute atomic E-state index is 2.48. The van der Waals surface area contributed by atoms with Crippen molar-refractivity contribution in [1.82, 2.24) is 0 Å². The molecule has 0 N–H and O–H groups in total. The Kier molecular flexibility index (Phi) is 6.88. The average molecular weight is 702 g/mol. The van der Waals surface area contributed by atoms with Crippen LogP contribution in [0, 0.1) is 0 Å². The number of benzene rings is 9. The molecule has 0 fully saturated rings. The van der Waals surface area contributed by atoms with Crippen molar-refractivity contribution < 1.29 is 0 Å². The van der Waals surface area contributed by atoms with Gasteiger partial charge in [-0.1, -0.05) is 166 Å². The molecule has 0 saturated carbocycles. The molecule has 2 aliphatic carbocycles. The van der Waals surface area contributed by atoms with Crippen molar-refractivity contribution in [1.29, 1.82) is 0 Å². The fourth-order valence-electron chi connectivity index (χ4n) is 9.97. The normalized spacial score (nSPS) is 14.3. The van der Waals surface area contributed by atoms with Crippen molar-refractivity contribution in [2.24, 2.45) is 0 Å². The summed E-state index contributed by atoms with van der Waals surface area (Å²) >= 11 is 0. The summed E-state index contributed by atoms with van der Waals surface area (Å²) in [5, 5.41) is 5.08. The molecule has 1 heteroatoms. The summed E-state index contributed by atoms with van der Waals surface area (Å²) in [5.74, 6) is 0. The predicted molar refractivity (Wildman–Crippen MR) is 231 cm³/mol. The summed E-state index contributed by atoms with van der Waals surface area (Å²) in [6.07, 6.45) is 0. The van der Waals surface area contributed by atoms with Crippen LogP contribution < -0.4 is 4.90 Å². The van der Waals surface area contributed by atoms with E-state index in [-0.39, 0.29) is 5.41 Å². The van der Waals surface area contributed by atoms with Crippen LogP contribution >= 0.6 is 0 Å². The van der Waals surface area contributed by atoms with Gasteiger partial charge in [0.15, 0.2) is 0 Å². The lowest BCUT2D eigenvalue weighted by Crippen LogP contribution is -2.28. The van der Waals surface area contributed by atoms with E-state index in [4.69, 9.17) is 0 Å². The third kappa shape index (κ3) is 4.53. The molecule has 0 amide bonds. The van der Waals surface area contributed by atoms with Gasteiger partial charge in [0, 0.05) is 22.5 Å². The van der Waals surface area contributed by atoms with E-state index in [1.165, 1.54) is 77.2 Å². The monoisotopic (exact) mass is 701 g/mol. The van der Waals surface area contributed by atoms with Crippen molar-refractivity contribution in [2.45, 2.75) is 24.7 Å². The van der Waals surface area contributed by atoms with E-state index in [2.05, 4.69) is 219 Å². The average Bonchev–Trinajstić information content (AvgIpc) is 3.66. The molecule has 0 aromatic heterocycles. The Morgan fingerprint density at radius 3 is 1.55 bits per heavy atom.